The molecule has 0 saturated heterocycles. The fourth-order valence-corrected chi connectivity index (χ4v) is 6.15. The van der Waals surface area contributed by atoms with Gasteiger partial charge in [-0.05, 0) is 47.2 Å². The van der Waals surface area contributed by atoms with Crippen molar-refractivity contribution in [1.82, 2.24) is 4.98 Å². The van der Waals surface area contributed by atoms with Crippen molar-refractivity contribution in [2.45, 2.75) is 38.9 Å². The molecule has 2 aliphatic rings. The molecular formula is C19H21NOSi. The molecule has 0 fully saturated rings. The minimum atomic E-state index is -1.64. The highest BCUT2D eigenvalue weighted by atomic mass is 28.3. The van der Waals surface area contributed by atoms with Crippen LogP contribution in [0, 0.1) is 5.92 Å². The SMILES string of the molecule is C[Si](C)(C)C1=C2c3nc4ccccc4cc3CCC2CC1=O. The van der Waals surface area contributed by atoms with Gasteiger partial charge in [0.05, 0.1) is 19.3 Å². The quantitative estimate of drug-likeness (QED) is 0.731. The van der Waals surface area contributed by atoms with E-state index in [1.165, 1.54) is 16.5 Å². The summed E-state index contributed by atoms with van der Waals surface area (Å²) >= 11 is 0. The number of aromatic nitrogens is 1. The molecule has 0 radical (unpaired) electrons. The van der Waals surface area contributed by atoms with Crippen molar-refractivity contribution in [3.05, 3.63) is 46.8 Å². The topological polar surface area (TPSA) is 30.0 Å². The van der Waals surface area contributed by atoms with E-state index in [4.69, 9.17) is 4.98 Å². The van der Waals surface area contributed by atoms with Gasteiger partial charge in [-0.15, -0.1) is 0 Å². The summed E-state index contributed by atoms with van der Waals surface area (Å²) in [5, 5.41) is 2.36. The molecule has 3 heteroatoms. The number of para-hydroxylation sites is 1. The van der Waals surface area contributed by atoms with Crippen LogP contribution in [-0.4, -0.2) is 18.8 Å². The van der Waals surface area contributed by atoms with E-state index in [9.17, 15) is 4.79 Å². The number of nitrogens with zero attached hydrogens (tertiary/aromatic N) is 1. The van der Waals surface area contributed by atoms with Crippen LogP contribution in [0.25, 0.3) is 16.5 Å². The molecule has 0 saturated carbocycles. The van der Waals surface area contributed by atoms with Crippen molar-refractivity contribution in [2.75, 3.05) is 0 Å². The van der Waals surface area contributed by atoms with Gasteiger partial charge in [0, 0.05) is 11.8 Å². The number of Topliss-reactive ketones (excluding diaryl/α,β-unsaturated/α-hetero) is 1. The number of carbonyl (C=O) groups is 1. The normalized spacial score (nSPS) is 21.2. The van der Waals surface area contributed by atoms with E-state index in [0.29, 0.717) is 18.1 Å². The Labute approximate surface area is 132 Å². The highest BCUT2D eigenvalue weighted by Gasteiger charge is 2.42. The number of aryl methyl sites for hydroxylation is 1. The molecule has 0 N–H and O–H groups in total. The van der Waals surface area contributed by atoms with Crippen LogP contribution in [0.3, 0.4) is 0 Å². The van der Waals surface area contributed by atoms with Gasteiger partial charge < -0.3 is 0 Å². The minimum Gasteiger partial charge on any atom is -0.295 e. The average Bonchev–Trinajstić information content (AvgIpc) is 2.81. The zero-order valence-electron chi connectivity index (χ0n) is 13.4. The first-order valence-electron chi connectivity index (χ1n) is 8.12. The van der Waals surface area contributed by atoms with Crippen LogP contribution in [0.2, 0.25) is 19.6 Å². The van der Waals surface area contributed by atoms with E-state index in [1.807, 2.05) is 6.07 Å². The van der Waals surface area contributed by atoms with Crippen molar-refractivity contribution >= 4 is 30.3 Å². The molecule has 2 nitrogen and oxygen atoms in total. The molecule has 112 valence electrons. The van der Waals surface area contributed by atoms with Gasteiger partial charge in [0.25, 0.3) is 0 Å². The van der Waals surface area contributed by atoms with Gasteiger partial charge in [-0.1, -0.05) is 37.8 Å². The molecule has 1 heterocycles. The molecule has 1 atom stereocenters. The summed E-state index contributed by atoms with van der Waals surface area (Å²) in [6, 6.07) is 10.6. The largest absolute Gasteiger partial charge is 0.295 e. The maximum Gasteiger partial charge on any atom is 0.155 e. The molecule has 22 heavy (non-hydrogen) atoms. The number of rotatable bonds is 1. The Morgan fingerprint density at radius 3 is 2.73 bits per heavy atom. The first-order valence-corrected chi connectivity index (χ1v) is 11.6. The highest BCUT2D eigenvalue weighted by molar-refractivity contribution is 6.88. The molecule has 1 aromatic carbocycles. The van der Waals surface area contributed by atoms with Crippen molar-refractivity contribution in [3.8, 4) is 0 Å². The molecule has 4 rings (SSSR count). The number of benzene rings is 1. The second kappa shape index (κ2) is 4.62. The molecule has 1 unspecified atom stereocenters. The molecule has 2 aromatic rings. The lowest BCUT2D eigenvalue weighted by molar-refractivity contribution is -0.114. The lowest BCUT2D eigenvalue weighted by Crippen LogP contribution is -2.28. The Balaban J connectivity index is 2.03. The third-order valence-electron chi connectivity index (χ3n) is 4.96. The van der Waals surface area contributed by atoms with Crippen LogP contribution in [0.5, 0.6) is 0 Å². The van der Waals surface area contributed by atoms with Crippen molar-refractivity contribution < 1.29 is 4.79 Å². The zero-order valence-corrected chi connectivity index (χ0v) is 14.4. The molecule has 0 spiro atoms. The van der Waals surface area contributed by atoms with Gasteiger partial charge in [0.1, 0.15) is 0 Å². The van der Waals surface area contributed by atoms with Gasteiger partial charge in [-0.3, -0.25) is 4.79 Å². The zero-order chi connectivity index (χ0) is 15.5. The van der Waals surface area contributed by atoms with Crippen LogP contribution in [0.4, 0.5) is 0 Å². The molecule has 0 bridgehead atoms. The van der Waals surface area contributed by atoms with Gasteiger partial charge >= 0.3 is 0 Å². The molecule has 1 aromatic heterocycles. The minimum absolute atomic E-state index is 0.391. The van der Waals surface area contributed by atoms with E-state index in [-0.39, 0.29) is 0 Å². The highest BCUT2D eigenvalue weighted by Crippen LogP contribution is 2.46. The Kier molecular flexibility index (Phi) is 2.92. The van der Waals surface area contributed by atoms with Crippen LogP contribution in [0.1, 0.15) is 24.1 Å². The Morgan fingerprint density at radius 1 is 1.18 bits per heavy atom. The standard InChI is InChI=1S/C19H21NOSi/c1-22(2,3)19-16(21)11-13-8-9-14-10-12-6-4-5-7-15(12)20-18(14)17(13)19/h4-7,10,13H,8-9,11H2,1-3H3. The number of allylic oxidation sites excluding steroid dienone is 2. The summed E-state index contributed by atoms with van der Waals surface area (Å²) in [4.78, 5) is 17.6. The number of hydrogen-bond donors (Lipinski definition) is 0. The van der Waals surface area contributed by atoms with E-state index in [0.717, 1.165) is 29.2 Å². The summed E-state index contributed by atoms with van der Waals surface area (Å²) in [7, 11) is -1.64. The summed E-state index contributed by atoms with van der Waals surface area (Å²) in [5.74, 6) is 0.803. The summed E-state index contributed by atoms with van der Waals surface area (Å²) in [6.07, 6.45) is 2.86. The monoisotopic (exact) mass is 307 g/mol. The van der Waals surface area contributed by atoms with Gasteiger partial charge in [-0.2, -0.15) is 0 Å². The number of fused-ring (bicyclic) bond motifs is 4. The van der Waals surface area contributed by atoms with E-state index in [2.05, 4.69) is 43.9 Å². The lowest BCUT2D eigenvalue weighted by Gasteiger charge is -2.26. The van der Waals surface area contributed by atoms with Crippen LogP contribution >= 0.6 is 0 Å². The van der Waals surface area contributed by atoms with Crippen LogP contribution in [0.15, 0.2) is 35.5 Å². The number of carbonyl (C=O) groups excluding carboxylic acids is 1. The fourth-order valence-electron chi connectivity index (χ4n) is 4.08. The first-order chi connectivity index (χ1) is 10.4. The Morgan fingerprint density at radius 2 is 1.95 bits per heavy atom. The number of ketones is 1. The molecule has 0 amide bonds. The smallest absolute Gasteiger partial charge is 0.155 e. The molecular weight excluding hydrogens is 286 g/mol. The fraction of sp³-hybridized carbons (Fsp3) is 0.368. The van der Waals surface area contributed by atoms with Crippen LogP contribution < -0.4 is 0 Å². The molecule has 0 aliphatic heterocycles. The van der Waals surface area contributed by atoms with Gasteiger partial charge in [0.2, 0.25) is 0 Å². The van der Waals surface area contributed by atoms with Crippen molar-refractivity contribution in [2.24, 2.45) is 5.92 Å². The third kappa shape index (κ3) is 1.99. The Hall–Kier alpha value is -1.74. The molecule has 2 aliphatic carbocycles. The predicted molar refractivity (Wildman–Crippen MR) is 93.4 cm³/mol. The maximum atomic E-state index is 12.6. The third-order valence-corrected chi connectivity index (χ3v) is 7.01. The Bertz CT molecular complexity index is 829. The predicted octanol–water partition coefficient (Wildman–Crippen LogP) is 4.40. The number of hydrogen-bond acceptors (Lipinski definition) is 2. The van der Waals surface area contributed by atoms with E-state index in [1.54, 1.807) is 0 Å². The van der Waals surface area contributed by atoms with E-state index >= 15 is 0 Å². The second-order valence-corrected chi connectivity index (χ2v) is 12.6. The van der Waals surface area contributed by atoms with E-state index < -0.39 is 8.07 Å². The first kappa shape index (κ1) is 13.9. The average molecular weight is 307 g/mol. The summed E-state index contributed by atoms with van der Waals surface area (Å²) in [5.41, 5.74) is 4.80. The van der Waals surface area contributed by atoms with Crippen LogP contribution in [-0.2, 0) is 11.2 Å². The second-order valence-electron chi connectivity index (χ2n) is 7.59. The van der Waals surface area contributed by atoms with Crippen molar-refractivity contribution in [3.63, 3.8) is 0 Å². The summed E-state index contributed by atoms with van der Waals surface area (Å²) < 4.78 is 0. The lowest BCUT2D eigenvalue weighted by atomic mass is 9.83. The van der Waals surface area contributed by atoms with Gasteiger partial charge in [-0.25, -0.2) is 4.98 Å². The number of pyridine rings is 1. The van der Waals surface area contributed by atoms with Crippen molar-refractivity contribution in [1.29, 1.82) is 0 Å². The maximum absolute atomic E-state index is 12.6. The van der Waals surface area contributed by atoms with Gasteiger partial charge in [0.15, 0.2) is 5.78 Å². The summed E-state index contributed by atoms with van der Waals surface area (Å²) in [6.45, 7) is 6.85.